The predicted octanol–water partition coefficient (Wildman–Crippen LogP) is 0.905. The molecule has 1 aliphatic heterocycles. The van der Waals surface area contributed by atoms with Gasteiger partial charge in [0.25, 0.3) is 0 Å². The molecular weight excluding hydrogens is 276 g/mol. The number of benzene rings is 1. The maximum absolute atomic E-state index is 11.5. The maximum Gasteiger partial charge on any atom is 0.175 e. The minimum atomic E-state index is -3.13. The van der Waals surface area contributed by atoms with Crippen molar-refractivity contribution in [1.82, 2.24) is 5.32 Å². The highest BCUT2D eigenvalue weighted by Gasteiger charge is 2.23. The van der Waals surface area contributed by atoms with Gasteiger partial charge in [-0.15, -0.1) is 0 Å². The average Bonchev–Trinajstić information content (AvgIpc) is 2.45. The Morgan fingerprint density at radius 3 is 2.65 bits per heavy atom. The van der Waals surface area contributed by atoms with Gasteiger partial charge in [-0.1, -0.05) is 6.92 Å². The van der Waals surface area contributed by atoms with Crippen LogP contribution in [-0.2, 0) is 14.6 Å². The zero-order valence-electron chi connectivity index (χ0n) is 12.0. The zero-order chi connectivity index (χ0) is 14.6. The second kappa shape index (κ2) is 6.56. The number of likely N-dealkylation sites (N-methyl/N-ethyl adjacent to an activating group) is 1. The Hall–Kier alpha value is -1.11. The highest BCUT2D eigenvalue weighted by Crippen LogP contribution is 2.21. The van der Waals surface area contributed by atoms with Crippen LogP contribution in [0.15, 0.2) is 29.2 Å². The summed E-state index contributed by atoms with van der Waals surface area (Å²) < 4.78 is 28.5. The van der Waals surface area contributed by atoms with E-state index < -0.39 is 9.84 Å². The lowest BCUT2D eigenvalue weighted by Gasteiger charge is -2.37. The largest absolute Gasteiger partial charge is 0.377 e. The Morgan fingerprint density at radius 1 is 1.35 bits per heavy atom. The van der Waals surface area contributed by atoms with E-state index in [9.17, 15) is 8.42 Å². The Kier molecular flexibility index (Phi) is 5.01. The number of anilines is 1. The molecule has 0 saturated carbocycles. The number of ether oxygens (including phenoxy) is 1. The third kappa shape index (κ3) is 3.71. The molecular formula is C14H22N2O3S. The van der Waals surface area contributed by atoms with Crippen molar-refractivity contribution in [3.63, 3.8) is 0 Å². The number of morpholine rings is 1. The first-order chi connectivity index (χ1) is 9.52. The lowest BCUT2D eigenvalue weighted by atomic mass is 10.2. The normalized spacial score (nSPS) is 20.1. The first-order valence-electron chi connectivity index (χ1n) is 6.87. The smallest absolute Gasteiger partial charge is 0.175 e. The van der Waals surface area contributed by atoms with E-state index in [0.29, 0.717) is 18.1 Å². The van der Waals surface area contributed by atoms with Gasteiger partial charge in [0.05, 0.1) is 24.2 Å². The molecule has 1 heterocycles. The van der Waals surface area contributed by atoms with Crippen LogP contribution in [0, 0.1) is 0 Å². The second-order valence-electron chi connectivity index (χ2n) is 5.00. The molecule has 0 spiro atoms. The van der Waals surface area contributed by atoms with E-state index >= 15 is 0 Å². The van der Waals surface area contributed by atoms with Crippen LogP contribution in [0.5, 0.6) is 0 Å². The third-order valence-electron chi connectivity index (χ3n) is 3.45. The summed E-state index contributed by atoms with van der Waals surface area (Å²) in [4.78, 5) is 2.64. The summed E-state index contributed by atoms with van der Waals surface area (Å²) in [5.74, 6) is 0. The second-order valence-corrected chi connectivity index (χ2v) is 7.01. The number of hydrogen-bond donors (Lipinski definition) is 1. The Labute approximate surface area is 120 Å². The van der Waals surface area contributed by atoms with Crippen molar-refractivity contribution in [3.05, 3.63) is 24.3 Å². The van der Waals surface area contributed by atoms with Gasteiger partial charge in [0, 0.05) is 25.0 Å². The summed E-state index contributed by atoms with van der Waals surface area (Å²) in [6, 6.07) is 7.38. The molecule has 1 unspecified atom stereocenters. The summed E-state index contributed by atoms with van der Waals surface area (Å²) in [7, 11) is -3.13. The van der Waals surface area contributed by atoms with Crippen molar-refractivity contribution in [2.24, 2.45) is 0 Å². The van der Waals surface area contributed by atoms with Crippen LogP contribution < -0.4 is 10.2 Å². The van der Waals surface area contributed by atoms with Crippen LogP contribution in [0.25, 0.3) is 0 Å². The lowest BCUT2D eigenvalue weighted by Crippen LogP contribution is -2.50. The van der Waals surface area contributed by atoms with Crippen molar-refractivity contribution in [2.75, 3.05) is 44.0 Å². The first-order valence-corrected chi connectivity index (χ1v) is 8.76. The molecule has 1 aliphatic rings. The average molecular weight is 298 g/mol. The molecule has 112 valence electrons. The van der Waals surface area contributed by atoms with Crippen LogP contribution in [0.2, 0.25) is 0 Å². The van der Waals surface area contributed by atoms with Gasteiger partial charge >= 0.3 is 0 Å². The molecule has 0 bridgehead atoms. The van der Waals surface area contributed by atoms with E-state index in [0.717, 1.165) is 25.3 Å². The highest BCUT2D eigenvalue weighted by molar-refractivity contribution is 7.90. The molecule has 1 fully saturated rings. The summed E-state index contributed by atoms with van der Waals surface area (Å²) in [5.41, 5.74) is 1.05. The molecule has 1 aromatic rings. The van der Waals surface area contributed by atoms with E-state index in [1.54, 1.807) is 12.1 Å². The predicted molar refractivity (Wildman–Crippen MR) is 80.0 cm³/mol. The third-order valence-corrected chi connectivity index (χ3v) is 4.58. The van der Waals surface area contributed by atoms with Gasteiger partial charge in [0.1, 0.15) is 0 Å². The van der Waals surface area contributed by atoms with E-state index in [2.05, 4.69) is 17.1 Å². The first kappa shape index (κ1) is 15.3. The standard InChI is InChI=1S/C14H22N2O3S/c1-3-15-10-13-11-19-9-8-16(13)12-4-6-14(7-5-12)20(2,17)18/h4-7,13,15H,3,8-11H2,1-2H3. The summed E-state index contributed by atoms with van der Waals surface area (Å²) in [6.45, 7) is 6.10. The summed E-state index contributed by atoms with van der Waals surface area (Å²) in [6.07, 6.45) is 1.23. The molecule has 0 amide bonds. The Balaban J connectivity index is 2.15. The van der Waals surface area contributed by atoms with Gasteiger partial charge in [-0.25, -0.2) is 8.42 Å². The molecule has 0 aromatic heterocycles. The van der Waals surface area contributed by atoms with Gasteiger partial charge in [0.15, 0.2) is 9.84 Å². The number of nitrogens with one attached hydrogen (secondary N) is 1. The number of sulfone groups is 1. The van der Waals surface area contributed by atoms with Crippen molar-refractivity contribution in [1.29, 1.82) is 0 Å². The van der Waals surface area contributed by atoms with Crippen molar-refractivity contribution in [2.45, 2.75) is 17.9 Å². The van der Waals surface area contributed by atoms with Crippen molar-refractivity contribution >= 4 is 15.5 Å². The maximum atomic E-state index is 11.5. The topological polar surface area (TPSA) is 58.6 Å². The molecule has 2 rings (SSSR count). The van der Waals surface area contributed by atoms with E-state index in [-0.39, 0.29) is 6.04 Å². The van der Waals surface area contributed by atoms with Gasteiger partial charge in [-0.05, 0) is 30.8 Å². The minimum absolute atomic E-state index is 0.285. The van der Waals surface area contributed by atoms with Gasteiger partial charge in [-0.2, -0.15) is 0 Å². The Bertz CT molecular complexity index is 528. The van der Waals surface area contributed by atoms with Crippen LogP contribution in [-0.4, -0.2) is 53.6 Å². The molecule has 1 atom stereocenters. The zero-order valence-corrected chi connectivity index (χ0v) is 12.8. The van der Waals surface area contributed by atoms with Crippen LogP contribution in [0.1, 0.15) is 6.92 Å². The van der Waals surface area contributed by atoms with E-state index in [4.69, 9.17) is 4.74 Å². The molecule has 1 saturated heterocycles. The Morgan fingerprint density at radius 2 is 2.05 bits per heavy atom. The summed E-state index contributed by atoms with van der Waals surface area (Å²) in [5, 5.41) is 3.34. The molecule has 1 N–H and O–H groups in total. The van der Waals surface area contributed by atoms with Crippen molar-refractivity contribution in [3.8, 4) is 0 Å². The number of nitrogens with zero attached hydrogens (tertiary/aromatic N) is 1. The monoisotopic (exact) mass is 298 g/mol. The molecule has 6 heteroatoms. The molecule has 5 nitrogen and oxygen atoms in total. The minimum Gasteiger partial charge on any atom is -0.377 e. The fraction of sp³-hybridized carbons (Fsp3) is 0.571. The van der Waals surface area contributed by atoms with Crippen LogP contribution in [0.4, 0.5) is 5.69 Å². The number of rotatable bonds is 5. The van der Waals surface area contributed by atoms with E-state index in [1.807, 2.05) is 12.1 Å². The summed E-state index contributed by atoms with van der Waals surface area (Å²) >= 11 is 0. The fourth-order valence-corrected chi connectivity index (χ4v) is 2.99. The quantitative estimate of drug-likeness (QED) is 0.875. The van der Waals surface area contributed by atoms with Gasteiger partial charge in [-0.3, -0.25) is 0 Å². The molecule has 1 aromatic carbocycles. The molecule has 20 heavy (non-hydrogen) atoms. The lowest BCUT2D eigenvalue weighted by molar-refractivity contribution is 0.0939. The number of hydrogen-bond acceptors (Lipinski definition) is 5. The van der Waals surface area contributed by atoms with Crippen molar-refractivity contribution < 1.29 is 13.2 Å². The van der Waals surface area contributed by atoms with Gasteiger partial charge in [0.2, 0.25) is 0 Å². The fourth-order valence-electron chi connectivity index (χ4n) is 2.36. The van der Waals surface area contributed by atoms with Crippen LogP contribution >= 0.6 is 0 Å². The van der Waals surface area contributed by atoms with E-state index in [1.165, 1.54) is 6.26 Å². The molecule has 0 aliphatic carbocycles. The SMILES string of the molecule is CCNCC1COCCN1c1ccc(S(C)(=O)=O)cc1. The highest BCUT2D eigenvalue weighted by atomic mass is 32.2. The van der Waals surface area contributed by atoms with Crippen LogP contribution in [0.3, 0.4) is 0 Å². The van der Waals surface area contributed by atoms with Gasteiger partial charge < -0.3 is 15.0 Å². The molecule has 0 radical (unpaired) electrons.